The number of pyridine rings is 5. The van der Waals surface area contributed by atoms with Crippen LogP contribution in [0.2, 0.25) is 0 Å². The SMILES string of the molecule is COC(=O)C(Cc1ccccc1)NC(=O)c1cn(Cc2ccccc2)c2ccc(Br)cc2c1=O.O=C(NC(Cc1ccccc1)C(=O)O)c1cn(Cc2ccccc2)c2ccc(Br)cc2c1=O.O=C(O)CNC(=O)c1c[nH]c2ccccc2c1=O.O=C(O)CNC(=O)c1cn(Cc2ccc(OC(F)(F)F)cc2)c2ccccc2c1=O.O=C(O)CNC(=O)c1cn(Cc2ccccc2O)c2ccccc2c1=O. The molecule has 2 atom stereocenters. The van der Waals surface area contributed by atoms with E-state index in [1.807, 2.05) is 130 Å². The molecule has 32 nitrogen and oxygen atoms in total. The summed E-state index contributed by atoms with van der Waals surface area (Å²) in [4.78, 5) is 185. The van der Waals surface area contributed by atoms with E-state index in [2.05, 4.69) is 68.2 Å². The Balaban J connectivity index is 0.000000160. The zero-order valence-electron chi connectivity index (χ0n) is 74.3. The number of aliphatic carboxylic acids is 4. The Labute approximate surface area is 813 Å². The lowest BCUT2D eigenvalue weighted by Crippen LogP contribution is -2.44. The molecule has 141 heavy (non-hydrogen) atoms. The van der Waals surface area contributed by atoms with Gasteiger partial charge in [-0.15, -0.1) is 13.2 Å². The molecule has 16 rings (SSSR count). The zero-order chi connectivity index (χ0) is 101. The Morgan fingerprint density at radius 1 is 0.369 bits per heavy atom. The number of fused-ring (bicyclic) bond motifs is 5. The third-order valence-electron chi connectivity index (χ3n) is 21.5. The molecule has 0 fully saturated rings. The number of carbonyl (C=O) groups excluding carboxylic acids is 6. The van der Waals surface area contributed by atoms with E-state index in [9.17, 15) is 95.3 Å². The average Bonchev–Trinajstić information content (AvgIpc) is 0.782. The third-order valence-corrected chi connectivity index (χ3v) is 22.5. The van der Waals surface area contributed by atoms with Gasteiger partial charge in [0.25, 0.3) is 29.5 Å². The summed E-state index contributed by atoms with van der Waals surface area (Å²) in [7, 11) is 1.27. The van der Waals surface area contributed by atoms with Crippen LogP contribution in [-0.4, -0.2) is 153 Å². The number of amides is 5. The second-order valence-corrected chi connectivity index (χ2v) is 33.1. The van der Waals surface area contributed by atoms with Crippen molar-refractivity contribution in [2.45, 2.75) is 57.5 Å². The molecule has 5 amide bonds. The van der Waals surface area contributed by atoms with E-state index in [1.165, 1.54) is 50.1 Å². The molecule has 11 N–H and O–H groups in total. The van der Waals surface area contributed by atoms with Crippen LogP contribution in [0.15, 0.2) is 343 Å². The van der Waals surface area contributed by atoms with Crippen LogP contribution >= 0.6 is 31.9 Å². The van der Waals surface area contributed by atoms with Gasteiger partial charge in [0.15, 0.2) is 0 Å². The smallest absolute Gasteiger partial charge is 0.508 e. The number of carbonyl (C=O) groups is 10. The van der Waals surface area contributed by atoms with Crippen molar-refractivity contribution in [2.75, 3.05) is 26.7 Å². The minimum Gasteiger partial charge on any atom is -0.508 e. The first kappa shape index (κ1) is 102. The standard InChI is InChI=1S/C27H23BrN2O4.C26H21BrN2O4.C20H15F3N2O5.C19H16N2O5.C12H10N2O4/c1-34-27(33)23(14-18-8-4-2-5-9-18)29-26(32)22-17-30(16-19-10-6-3-7-11-19)24-13-12-20(28)15-21(24)25(22)31;27-19-11-12-23-20(14-19)24(30)21(16-29(23)15-18-9-5-2-6-10-18)25(31)28-22(26(32)33)13-17-7-3-1-4-8-17;21-20(22,23)30-13-7-5-12(6-8-13)10-25-11-15(19(29)24-9-17(26)27)18(28)14-3-1-2-4-16(14)25;22-16-8-4-1-5-12(16)10-21-11-14(19(26)20-9-17(23)24)18(25)13-6-2-3-7-15(13)21;15-10(16)6-14-12(18)8-5-13-9-4-2-1-3-7(9)11(8)17/h2-13,15,17,23H,14,16H2,1H3,(H,29,32);1-12,14,16,22H,13,15H2,(H,28,31)(H,32,33);1-8,11H,9-10H2,(H,24,29)(H,26,27);1-8,11,22H,9-10H2,(H,20,26)(H,23,24);1-5H,6H2,(H,13,17)(H,14,18)(H,15,16). The summed E-state index contributed by atoms with van der Waals surface area (Å²) in [6.45, 7) is -0.434. The monoisotopic (exact) mass is 2040 g/mol. The van der Waals surface area contributed by atoms with E-state index in [-0.39, 0.29) is 70.6 Å². The number of esters is 1. The summed E-state index contributed by atoms with van der Waals surface area (Å²) in [6.07, 6.45) is 2.57. The van der Waals surface area contributed by atoms with Crippen LogP contribution in [0.3, 0.4) is 0 Å². The van der Waals surface area contributed by atoms with Gasteiger partial charge in [-0.3, -0.25) is 62.3 Å². The lowest BCUT2D eigenvalue weighted by atomic mass is 10.0. The second kappa shape index (κ2) is 47.8. The van der Waals surface area contributed by atoms with Crippen molar-refractivity contribution in [2.24, 2.45) is 0 Å². The van der Waals surface area contributed by atoms with Crippen molar-refractivity contribution in [1.29, 1.82) is 0 Å². The highest BCUT2D eigenvalue weighted by Crippen LogP contribution is 2.28. The number of nitrogens with one attached hydrogen (secondary N) is 6. The molecular weight excluding hydrogens is 1960 g/mol. The van der Waals surface area contributed by atoms with Gasteiger partial charge in [-0.05, 0) is 119 Å². The first-order valence-corrected chi connectivity index (χ1v) is 44.4. The molecular formula is C104H85Br2F3N10O22. The number of carboxylic acids is 4. The number of phenols is 1. The summed E-state index contributed by atoms with van der Waals surface area (Å²) in [5, 5.41) is 59.0. The zero-order valence-corrected chi connectivity index (χ0v) is 77.5. The number of para-hydroxylation sites is 4. The van der Waals surface area contributed by atoms with Gasteiger partial charge in [0, 0.05) is 110 Å². The fourth-order valence-corrected chi connectivity index (χ4v) is 15.5. The highest BCUT2D eigenvalue weighted by molar-refractivity contribution is 9.10. The molecule has 0 radical (unpaired) electrons. The normalized spacial score (nSPS) is 11.2. The number of hydrogen-bond acceptors (Lipinski definition) is 18. The number of hydrogen-bond donors (Lipinski definition) is 11. The molecule has 0 aliphatic rings. The lowest BCUT2D eigenvalue weighted by molar-refractivity contribution is -0.274. The number of alkyl halides is 3. The molecule has 0 aliphatic carbocycles. The Morgan fingerprint density at radius 2 is 0.702 bits per heavy atom. The van der Waals surface area contributed by atoms with Gasteiger partial charge < -0.3 is 84.8 Å². The Bertz CT molecular complexity index is 7720. The van der Waals surface area contributed by atoms with Gasteiger partial charge in [-0.25, -0.2) is 9.59 Å². The van der Waals surface area contributed by atoms with Gasteiger partial charge in [0.1, 0.15) is 71.0 Å². The van der Waals surface area contributed by atoms with Crippen molar-refractivity contribution >= 4 is 146 Å². The van der Waals surface area contributed by atoms with Crippen LogP contribution in [0.5, 0.6) is 11.5 Å². The van der Waals surface area contributed by atoms with E-state index in [1.54, 1.807) is 143 Å². The van der Waals surface area contributed by atoms with Crippen molar-refractivity contribution in [1.82, 2.24) is 49.8 Å². The molecule has 37 heteroatoms. The largest absolute Gasteiger partial charge is 0.573 e. The van der Waals surface area contributed by atoms with Crippen LogP contribution in [0.4, 0.5) is 13.2 Å². The maximum atomic E-state index is 13.3. The van der Waals surface area contributed by atoms with Crippen LogP contribution in [0.1, 0.15) is 85.2 Å². The number of aromatic amines is 1. The molecule has 0 aliphatic heterocycles. The van der Waals surface area contributed by atoms with Gasteiger partial charge in [-0.1, -0.05) is 220 Å². The van der Waals surface area contributed by atoms with Crippen LogP contribution in [-0.2, 0) is 67.7 Å². The Hall–Kier alpha value is -17.5. The summed E-state index contributed by atoms with van der Waals surface area (Å²) in [5.74, 6) is -9.27. The van der Waals surface area contributed by atoms with Gasteiger partial charge in [0.05, 0.1) is 35.7 Å². The number of aromatic hydroxyl groups is 1. The van der Waals surface area contributed by atoms with E-state index in [0.717, 1.165) is 38.9 Å². The maximum Gasteiger partial charge on any atom is 0.573 e. The Morgan fingerprint density at radius 3 is 1.11 bits per heavy atom. The molecule has 5 aromatic heterocycles. The first-order valence-electron chi connectivity index (χ1n) is 42.8. The van der Waals surface area contributed by atoms with E-state index >= 15 is 0 Å². The van der Waals surface area contributed by atoms with Crippen LogP contribution < -0.4 is 58.5 Å². The summed E-state index contributed by atoms with van der Waals surface area (Å²) >= 11 is 6.81. The number of rotatable bonds is 28. The molecule has 0 bridgehead atoms. The minimum absolute atomic E-state index is 0.0384. The van der Waals surface area contributed by atoms with Gasteiger partial charge in [-0.2, -0.15) is 0 Å². The van der Waals surface area contributed by atoms with Crippen molar-refractivity contribution in [3.8, 4) is 11.5 Å². The van der Waals surface area contributed by atoms with Crippen LogP contribution in [0, 0.1) is 0 Å². The molecule has 11 aromatic carbocycles. The molecule has 0 spiro atoms. The highest BCUT2D eigenvalue weighted by atomic mass is 79.9. The molecule has 718 valence electrons. The molecule has 0 saturated heterocycles. The quantitative estimate of drug-likeness (QED) is 0.0203. The average molecular weight is 2040 g/mol. The van der Waals surface area contributed by atoms with Crippen molar-refractivity contribution < 1.29 is 96.1 Å². The summed E-state index contributed by atoms with van der Waals surface area (Å²) in [6, 6.07) is 78.5. The number of carboxylic acid groups (broad SMARTS) is 4. The predicted octanol–water partition coefficient (Wildman–Crippen LogP) is 13.2. The maximum absolute atomic E-state index is 13.3. The van der Waals surface area contributed by atoms with Gasteiger partial charge in [0.2, 0.25) is 27.1 Å². The number of phenolic OH excluding ortho intramolecular Hbond substituents is 1. The fraction of sp³-hybridized carbons (Fsp3) is 0.125. The number of benzene rings is 11. The van der Waals surface area contributed by atoms with Crippen molar-refractivity contribution in [3.63, 3.8) is 0 Å². The topological polar surface area (TPSA) is 471 Å². The summed E-state index contributed by atoms with van der Waals surface area (Å²) < 4.78 is 54.1. The minimum atomic E-state index is -4.80. The molecule has 16 aromatic rings. The third kappa shape index (κ3) is 27.7. The number of H-pyrrole nitrogens is 1. The number of nitrogens with zero attached hydrogens (tertiary/aromatic N) is 4. The molecule has 2 unspecified atom stereocenters. The number of aromatic nitrogens is 5. The number of ether oxygens (including phenoxy) is 2. The number of halogens is 5. The van der Waals surface area contributed by atoms with E-state index in [0.29, 0.717) is 77.8 Å². The van der Waals surface area contributed by atoms with Crippen LogP contribution in [0.25, 0.3) is 54.5 Å². The predicted molar refractivity (Wildman–Crippen MR) is 526 cm³/mol. The van der Waals surface area contributed by atoms with Gasteiger partial charge >= 0.3 is 36.2 Å². The Kier molecular flexibility index (Phi) is 34.7. The molecule has 0 saturated carbocycles. The summed E-state index contributed by atoms with van der Waals surface area (Å²) in [5.41, 5.74) is 5.07. The fourth-order valence-electron chi connectivity index (χ4n) is 14.8. The lowest BCUT2D eigenvalue weighted by Gasteiger charge is -2.18. The first-order chi connectivity index (χ1) is 67.6. The van der Waals surface area contributed by atoms with E-state index in [4.69, 9.17) is 20.1 Å². The highest BCUT2D eigenvalue weighted by Gasteiger charge is 2.32. The van der Waals surface area contributed by atoms with E-state index < -0.39 is 125 Å². The number of methoxy groups -OCH3 is 1. The molecule has 5 heterocycles. The second-order valence-electron chi connectivity index (χ2n) is 31.2. The van der Waals surface area contributed by atoms with Crippen molar-refractivity contribution in [3.05, 3.63) is 431 Å².